The third-order valence-electron chi connectivity index (χ3n) is 2.67. The van der Waals surface area contributed by atoms with E-state index in [1.54, 1.807) is 0 Å². The third kappa shape index (κ3) is 1.79. The third-order valence-corrected chi connectivity index (χ3v) is 3.17. The zero-order valence-corrected chi connectivity index (χ0v) is 10.5. The summed E-state index contributed by atoms with van der Waals surface area (Å²) in [7, 11) is 2.03. The highest BCUT2D eigenvalue weighted by molar-refractivity contribution is 9.10. The summed E-state index contributed by atoms with van der Waals surface area (Å²) in [6.45, 7) is 2.72. The molecular formula is C11H14BrN3. The first kappa shape index (κ1) is 10.6. The Balaban J connectivity index is 2.63. The van der Waals surface area contributed by atoms with Crippen LogP contribution in [0.15, 0.2) is 22.7 Å². The molecule has 4 heteroatoms. The Morgan fingerprint density at radius 1 is 1.53 bits per heavy atom. The highest BCUT2D eigenvalue weighted by Crippen LogP contribution is 2.23. The lowest BCUT2D eigenvalue weighted by Crippen LogP contribution is -2.13. The maximum atomic E-state index is 5.66. The molecule has 1 aromatic carbocycles. The van der Waals surface area contributed by atoms with Gasteiger partial charge in [-0.15, -0.1) is 0 Å². The molecule has 80 valence electrons. The minimum atomic E-state index is 0.293. The molecule has 0 aliphatic rings. The Hall–Kier alpha value is -0.870. The van der Waals surface area contributed by atoms with Crippen molar-refractivity contribution in [3.8, 4) is 0 Å². The summed E-state index contributed by atoms with van der Waals surface area (Å²) < 4.78 is 3.17. The molecule has 0 saturated carbocycles. The van der Waals surface area contributed by atoms with Crippen LogP contribution in [-0.4, -0.2) is 16.1 Å². The van der Waals surface area contributed by atoms with E-state index in [2.05, 4.69) is 38.5 Å². The van der Waals surface area contributed by atoms with Crippen molar-refractivity contribution in [2.75, 3.05) is 6.54 Å². The zero-order valence-electron chi connectivity index (χ0n) is 8.87. The van der Waals surface area contributed by atoms with Gasteiger partial charge in [-0.1, -0.05) is 22.9 Å². The molecule has 0 aliphatic heterocycles. The summed E-state index contributed by atoms with van der Waals surface area (Å²) in [5.41, 5.74) is 7.82. The number of halogens is 1. The lowest BCUT2D eigenvalue weighted by molar-refractivity contribution is 0.676. The lowest BCUT2D eigenvalue weighted by Gasteiger charge is -2.07. The number of hydrogen-bond acceptors (Lipinski definition) is 2. The highest BCUT2D eigenvalue weighted by atomic mass is 79.9. The van der Waals surface area contributed by atoms with Gasteiger partial charge in [0.05, 0.1) is 11.0 Å². The minimum absolute atomic E-state index is 0.293. The van der Waals surface area contributed by atoms with Gasteiger partial charge in [0.2, 0.25) is 0 Å². The Bertz CT molecular complexity index is 490. The zero-order chi connectivity index (χ0) is 11.0. The summed E-state index contributed by atoms with van der Waals surface area (Å²) in [6.07, 6.45) is 0. The molecule has 1 unspecified atom stereocenters. The van der Waals surface area contributed by atoms with E-state index in [0.717, 1.165) is 21.3 Å². The monoisotopic (exact) mass is 267 g/mol. The number of aromatic nitrogens is 2. The predicted molar refractivity (Wildman–Crippen MR) is 65.9 cm³/mol. The van der Waals surface area contributed by atoms with Crippen LogP contribution in [-0.2, 0) is 7.05 Å². The molecule has 1 aromatic heterocycles. The Morgan fingerprint density at radius 3 is 2.93 bits per heavy atom. The van der Waals surface area contributed by atoms with Gasteiger partial charge in [-0.2, -0.15) is 0 Å². The van der Waals surface area contributed by atoms with Crippen LogP contribution >= 0.6 is 15.9 Å². The van der Waals surface area contributed by atoms with Gasteiger partial charge in [0.25, 0.3) is 0 Å². The van der Waals surface area contributed by atoms with Crippen LogP contribution in [0.4, 0.5) is 0 Å². The molecule has 2 N–H and O–H groups in total. The van der Waals surface area contributed by atoms with Crippen LogP contribution < -0.4 is 5.73 Å². The number of aryl methyl sites for hydroxylation is 1. The molecule has 0 bridgehead atoms. The van der Waals surface area contributed by atoms with E-state index in [-0.39, 0.29) is 0 Å². The number of fused-ring (bicyclic) bond motifs is 1. The van der Waals surface area contributed by atoms with Crippen molar-refractivity contribution < 1.29 is 0 Å². The number of benzene rings is 1. The van der Waals surface area contributed by atoms with Crippen molar-refractivity contribution in [1.82, 2.24) is 9.55 Å². The average Bonchev–Trinajstić information content (AvgIpc) is 2.54. The summed E-state index contributed by atoms with van der Waals surface area (Å²) in [4.78, 5) is 4.60. The first-order valence-electron chi connectivity index (χ1n) is 4.95. The number of hydrogen-bond donors (Lipinski definition) is 1. The normalized spacial score (nSPS) is 13.3. The van der Waals surface area contributed by atoms with Crippen LogP contribution in [0.25, 0.3) is 11.0 Å². The van der Waals surface area contributed by atoms with Gasteiger partial charge < -0.3 is 10.3 Å². The number of rotatable bonds is 2. The van der Waals surface area contributed by atoms with Gasteiger partial charge in [0, 0.05) is 24.0 Å². The van der Waals surface area contributed by atoms with Crippen molar-refractivity contribution in [3.05, 3.63) is 28.5 Å². The van der Waals surface area contributed by atoms with E-state index in [0.29, 0.717) is 12.5 Å². The summed E-state index contributed by atoms with van der Waals surface area (Å²) >= 11 is 3.45. The quantitative estimate of drug-likeness (QED) is 0.908. The molecule has 15 heavy (non-hydrogen) atoms. The molecule has 0 saturated heterocycles. The maximum absolute atomic E-state index is 5.66. The average molecular weight is 268 g/mol. The fraction of sp³-hybridized carbons (Fsp3) is 0.364. The van der Waals surface area contributed by atoms with E-state index >= 15 is 0 Å². The minimum Gasteiger partial charge on any atom is -0.331 e. The Kier molecular flexibility index (Phi) is 2.80. The van der Waals surface area contributed by atoms with Gasteiger partial charge in [-0.05, 0) is 18.2 Å². The fourth-order valence-electron chi connectivity index (χ4n) is 1.74. The molecule has 1 heterocycles. The summed E-state index contributed by atoms with van der Waals surface area (Å²) in [5, 5.41) is 0. The molecule has 2 rings (SSSR count). The van der Waals surface area contributed by atoms with Crippen LogP contribution in [0, 0.1) is 0 Å². The van der Waals surface area contributed by atoms with Crippen molar-refractivity contribution in [1.29, 1.82) is 0 Å². The number of imidazole rings is 1. The van der Waals surface area contributed by atoms with Crippen molar-refractivity contribution in [2.45, 2.75) is 12.8 Å². The van der Waals surface area contributed by atoms with E-state index in [1.807, 2.05) is 19.2 Å². The largest absolute Gasteiger partial charge is 0.331 e. The molecule has 0 spiro atoms. The lowest BCUT2D eigenvalue weighted by atomic mass is 10.2. The van der Waals surface area contributed by atoms with Crippen LogP contribution in [0.3, 0.4) is 0 Å². The second-order valence-electron chi connectivity index (χ2n) is 3.80. The molecule has 0 amide bonds. The van der Waals surface area contributed by atoms with E-state index < -0.39 is 0 Å². The first-order valence-corrected chi connectivity index (χ1v) is 5.74. The second-order valence-corrected chi connectivity index (χ2v) is 4.71. The van der Waals surface area contributed by atoms with Gasteiger partial charge in [-0.25, -0.2) is 4.98 Å². The van der Waals surface area contributed by atoms with Gasteiger partial charge >= 0.3 is 0 Å². The SMILES string of the molecule is CC(CN)c1nc2cc(Br)ccc2n1C. The summed E-state index contributed by atoms with van der Waals surface area (Å²) in [6, 6.07) is 6.13. The first-order chi connectivity index (χ1) is 7.13. The second kappa shape index (κ2) is 3.94. The molecule has 0 radical (unpaired) electrons. The summed E-state index contributed by atoms with van der Waals surface area (Å²) in [5.74, 6) is 1.34. The van der Waals surface area contributed by atoms with Crippen molar-refractivity contribution in [3.63, 3.8) is 0 Å². The molecular weight excluding hydrogens is 254 g/mol. The predicted octanol–water partition coefficient (Wildman–Crippen LogP) is 2.40. The topological polar surface area (TPSA) is 43.8 Å². The Morgan fingerprint density at radius 2 is 2.27 bits per heavy atom. The van der Waals surface area contributed by atoms with Gasteiger partial charge in [-0.3, -0.25) is 0 Å². The van der Waals surface area contributed by atoms with Crippen LogP contribution in [0.1, 0.15) is 18.7 Å². The number of nitrogens with zero attached hydrogens (tertiary/aromatic N) is 2. The molecule has 2 aromatic rings. The molecule has 1 atom stereocenters. The standard InChI is InChI=1S/C11H14BrN3/c1-7(6-13)11-14-9-5-8(12)3-4-10(9)15(11)2/h3-5,7H,6,13H2,1-2H3. The fourth-order valence-corrected chi connectivity index (χ4v) is 2.09. The van der Waals surface area contributed by atoms with E-state index in [9.17, 15) is 0 Å². The van der Waals surface area contributed by atoms with Gasteiger partial charge in [0.1, 0.15) is 5.82 Å². The van der Waals surface area contributed by atoms with Crippen LogP contribution in [0.2, 0.25) is 0 Å². The molecule has 0 fully saturated rings. The highest BCUT2D eigenvalue weighted by Gasteiger charge is 2.12. The molecule has 3 nitrogen and oxygen atoms in total. The van der Waals surface area contributed by atoms with Crippen molar-refractivity contribution >= 4 is 27.0 Å². The Labute approximate surface area is 97.4 Å². The van der Waals surface area contributed by atoms with E-state index in [1.165, 1.54) is 0 Å². The van der Waals surface area contributed by atoms with Crippen LogP contribution in [0.5, 0.6) is 0 Å². The van der Waals surface area contributed by atoms with E-state index in [4.69, 9.17) is 5.73 Å². The number of nitrogens with two attached hydrogens (primary N) is 1. The smallest absolute Gasteiger partial charge is 0.113 e. The molecule has 0 aliphatic carbocycles. The maximum Gasteiger partial charge on any atom is 0.113 e. The van der Waals surface area contributed by atoms with Crippen molar-refractivity contribution in [2.24, 2.45) is 12.8 Å². The van der Waals surface area contributed by atoms with Gasteiger partial charge in [0.15, 0.2) is 0 Å².